The lowest BCUT2D eigenvalue weighted by atomic mass is 9.99. The van der Waals surface area contributed by atoms with Crippen LogP contribution >= 0.6 is 0 Å². The molecule has 6 unspecified atom stereocenters. The van der Waals surface area contributed by atoms with Gasteiger partial charge in [-0.2, -0.15) is 0 Å². The van der Waals surface area contributed by atoms with Gasteiger partial charge in [-0.15, -0.1) is 0 Å². The number of hydrogen-bond donors (Lipinski definition) is 4. The first-order chi connectivity index (χ1) is 30.9. The number of ether oxygens (including phenoxy) is 4. The molecule has 0 spiro atoms. The summed E-state index contributed by atoms with van der Waals surface area (Å²) in [5, 5.41) is 40.2. The zero-order valence-corrected chi connectivity index (χ0v) is 39.5. The molecular formula is C54H90O9. The molecule has 63 heavy (non-hydrogen) atoms. The molecule has 0 aliphatic carbocycles. The third kappa shape index (κ3) is 35.1. The highest BCUT2D eigenvalue weighted by atomic mass is 16.7. The fourth-order valence-electron chi connectivity index (χ4n) is 6.88. The number of aliphatic hydroxyl groups excluding tert-OH is 4. The van der Waals surface area contributed by atoms with Crippen LogP contribution in [0, 0.1) is 0 Å². The number of esters is 1. The maximum atomic E-state index is 12.8. The number of allylic oxidation sites excluding steroid dienone is 16. The molecule has 360 valence electrons. The van der Waals surface area contributed by atoms with Gasteiger partial charge in [0, 0.05) is 13.0 Å². The maximum Gasteiger partial charge on any atom is 0.306 e. The quantitative estimate of drug-likeness (QED) is 0.0269. The number of unbranched alkanes of at least 4 members (excludes halogenated alkanes) is 14. The van der Waals surface area contributed by atoms with Crippen molar-refractivity contribution in [2.24, 2.45) is 0 Å². The van der Waals surface area contributed by atoms with E-state index in [0.29, 0.717) is 13.0 Å². The van der Waals surface area contributed by atoms with Gasteiger partial charge >= 0.3 is 5.97 Å². The third-order valence-corrected chi connectivity index (χ3v) is 10.7. The molecule has 6 atom stereocenters. The van der Waals surface area contributed by atoms with Crippen LogP contribution in [-0.4, -0.2) is 89.6 Å². The van der Waals surface area contributed by atoms with E-state index in [1.807, 2.05) is 0 Å². The molecule has 1 saturated heterocycles. The normalized spacial score (nSPS) is 20.5. The summed E-state index contributed by atoms with van der Waals surface area (Å²) >= 11 is 0. The largest absolute Gasteiger partial charge is 0.457 e. The maximum absolute atomic E-state index is 12.8. The van der Waals surface area contributed by atoms with Crippen molar-refractivity contribution < 1.29 is 44.2 Å². The molecular weight excluding hydrogens is 793 g/mol. The predicted octanol–water partition coefficient (Wildman–Crippen LogP) is 12.0. The lowest BCUT2D eigenvalue weighted by molar-refractivity contribution is -0.305. The van der Waals surface area contributed by atoms with Gasteiger partial charge in [0.05, 0.1) is 19.8 Å². The van der Waals surface area contributed by atoms with Crippen LogP contribution in [0.4, 0.5) is 0 Å². The fraction of sp³-hybridized carbons (Fsp3) is 0.685. The van der Waals surface area contributed by atoms with Crippen LogP contribution < -0.4 is 0 Å². The molecule has 4 N–H and O–H groups in total. The smallest absolute Gasteiger partial charge is 0.306 e. The first-order valence-electron chi connectivity index (χ1n) is 24.8. The minimum absolute atomic E-state index is 0.119. The number of hydrogen-bond acceptors (Lipinski definition) is 9. The van der Waals surface area contributed by atoms with E-state index in [4.69, 9.17) is 18.9 Å². The zero-order chi connectivity index (χ0) is 45.7. The van der Waals surface area contributed by atoms with Crippen LogP contribution in [0.25, 0.3) is 0 Å². The van der Waals surface area contributed by atoms with Gasteiger partial charge in [0.2, 0.25) is 0 Å². The molecule has 0 bridgehead atoms. The van der Waals surface area contributed by atoms with Crippen molar-refractivity contribution in [1.82, 2.24) is 0 Å². The summed E-state index contributed by atoms with van der Waals surface area (Å²) in [7, 11) is 0. The second-order valence-electron chi connectivity index (χ2n) is 16.5. The molecule has 1 fully saturated rings. The van der Waals surface area contributed by atoms with Crippen molar-refractivity contribution in [1.29, 1.82) is 0 Å². The van der Waals surface area contributed by atoms with Crippen molar-refractivity contribution in [3.05, 3.63) is 97.2 Å². The molecule has 1 heterocycles. The first-order valence-corrected chi connectivity index (χ1v) is 24.8. The second-order valence-corrected chi connectivity index (χ2v) is 16.5. The average molecular weight is 883 g/mol. The van der Waals surface area contributed by atoms with Crippen LogP contribution in [-0.2, 0) is 23.7 Å². The van der Waals surface area contributed by atoms with Gasteiger partial charge in [0.15, 0.2) is 6.29 Å². The Morgan fingerprint density at radius 2 is 0.968 bits per heavy atom. The van der Waals surface area contributed by atoms with Gasteiger partial charge < -0.3 is 39.4 Å². The molecule has 9 nitrogen and oxygen atoms in total. The summed E-state index contributed by atoms with van der Waals surface area (Å²) in [6.45, 7) is 4.35. The van der Waals surface area contributed by atoms with Crippen LogP contribution in [0.15, 0.2) is 97.2 Å². The van der Waals surface area contributed by atoms with Gasteiger partial charge in [0.25, 0.3) is 0 Å². The molecule has 0 saturated carbocycles. The SMILES string of the molecule is CC/C=C\C/C=C\C/C=C\C/C=C\C/C=C\C/C=C\CCCCCCCOCC(COC1OC(CO)C(O)C(O)C1O)OC(=O)CCCCCCC/C=C\C/C=C\CCCCCC. The summed E-state index contributed by atoms with van der Waals surface area (Å²) in [5.74, 6) is -0.339. The van der Waals surface area contributed by atoms with Crippen LogP contribution in [0.1, 0.15) is 174 Å². The van der Waals surface area contributed by atoms with Gasteiger partial charge in [-0.05, 0) is 96.3 Å². The molecule has 1 aliphatic heterocycles. The Kier molecular flexibility index (Phi) is 40.9. The third-order valence-electron chi connectivity index (χ3n) is 10.7. The van der Waals surface area contributed by atoms with E-state index in [0.717, 1.165) is 122 Å². The lowest BCUT2D eigenvalue weighted by Crippen LogP contribution is -2.59. The molecule has 0 amide bonds. The minimum Gasteiger partial charge on any atom is -0.457 e. The molecule has 0 aromatic rings. The van der Waals surface area contributed by atoms with Crippen molar-refractivity contribution >= 4 is 5.97 Å². The molecule has 0 radical (unpaired) electrons. The highest BCUT2D eigenvalue weighted by molar-refractivity contribution is 5.69. The van der Waals surface area contributed by atoms with Crippen molar-refractivity contribution in [3.63, 3.8) is 0 Å². The Balaban J connectivity index is 2.26. The van der Waals surface area contributed by atoms with E-state index in [-0.39, 0.29) is 19.2 Å². The topological polar surface area (TPSA) is 135 Å². The van der Waals surface area contributed by atoms with E-state index in [9.17, 15) is 25.2 Å². The Morgan fingerprint density at radius 3 is 1.46 bits per heavy atom. The molecule has 0 aromatic heterocycles. The minimum atomic E-state index is -1.55. The highest BCUT2D eigenvalue weighted by Gasteiger charge is 2.44. The van der Waals surface area contributed by atoms with Crippen LogP contribution in [0.5, 0.6) is 0 Å². The van der Waals surface area contributed by atoms with E-state index in [1.165, 1.54) is 32.1 Å². The Labute approximate surface area is 383 Å². The monoisotopic (exact) mass is 883 g/mol. The average Bonchev–Trinajstić information content (AvgIpc) is 3.28. The first kappa shape index (κ1) is 58.1. The van der Waals surface area contributed by atoms with Crippen molar-refractivity contribution in [2.75, 3.05) is 26.4 Å². The standard InChI is InChI=1S/C54H90O9/c1-3-5-7-9-11-13-15-17-19-21-22-23-24-25-26-27-28-30-32-34-36-38-40-42-44-60-46-48(47-61-54-53(59)52(58)51(57)49(45-55)63-54)62-50(56)43-41-39-37-35-33-31-29-20-18-16-14-12-10-8-6-4-2/h5,7,11,13-14,16-17,19-20,22-23,25-26,28-30,48-49,51-55,57-59H,3-4,6,8-10,12,15,18,21,24,27,31-47H2,1-2H3/b7-5-,13-11-,16-14-,19-17-,23-22-,26-25-,29-20-,30-28-. The molecule has 1 rings (SSSR count). The van der Waals surface area contributed by atoms with Gasteiger partial charge in [-0.3, -0.25) is 4.79 Å². The molecule has 1 aliphatic rings. The van der Waals surface area contributed by atoms with Gasteiger partial charge in [-0.1, -0.05) is 169 Å². The second kappa shape index (κ2) is 44.3. The van der Waals surface area contributed by atoms with Crippen molar-refractivity contribution in [2.45, 2.75) is 211 Å². The summed E-state index contributed by atoms with van der Waals surface area (Å²) in [6.07, 6.45) is 54.3. The van der Waals surface area contributed by atoms with E-state index < -0.39 is 43.4 Å². The summed E-state index contributed by atoms with van der Waals surface area (Å²) < 4.78 is 22.8. The van der Waals surface area contributed by atoms with Crippen molar-refractivity contribution in [3.8, 4) is 0 Å². The predicted molar refractivity (Wildman–Crippen MR) is 260 cm³/mol. The number of rotatable bonds is 41. The van der Waals surface area contributed by atoms with E-state index in [1.54, 1.807) is 0 Å². The fourth-order valence-corrected chi connectivity index (χ4v) is 6.88. The van der Waals surface area contributed by atoms with Crippen LogP contribution in [0.2, 0.25) is 0 Å². The number of carbonyl (C=O) groups is 1. The zero-order valence-electron chi connectivity index (χ0n) is 39.5. The number of aliphatic hydroxyl groups is 4. The van der Waals surface area contributed by atoms with E-state index in [2.05, 4.69) is 111 Å². The van der Waals surface area contributed by atoms with Gasteiger partial charge in [0.1, 0.15) is 30.5 Å². The lowest BCUT2D eigenvalue weighted by Gasteiger charge is -2.39. The Morgan fingerprint density at radius 1 is 0.524 bits per heavy atom. The summed E-state index contributed by atoms with van der Waals surface area (Å²) in [4.78, 5) is 12.8. The van der Waals surface area contributed by atoms with Crippen LogP contribution in [0.3, 0.4) is 0 Å². The Bertz CT molecular complexity index is 1280. The molecule has 0 aromatic carbocycles. The van der Waals surface area contributed by atoms with E-state index >= 15 is 0 Å². The number of carbonyl (C=O) groups excluding carboxylic acids is 1. The summed E-state index contributed by atoms with van der Waals surface area (Å²) in [6, 6.07) is 0. The summed E-state index contributed by atoms with van der Waals surface area (Å²) in [5.41, 5.74) is 0. The Hall–Kier alpha value is -2.89. The highest BCUT2D eigenvalue weighted by Crippen LogP contribution is 2.22. The van der Waals surface area contributed by atoms with Gasteiger partial charge in [-0.25, -0.2) is 0 Å². The molecule has 9 heteroatoms.